The summed E-state index contributed by atoms with van der Waals surface area (Å²) in [6, 6.07) is 5.20. The summed E-state index contributed by atoms with van der Waals surface area (Å²) in [4.78, 5) is 20.6. The molecule has 1 amide bonds. The van der Waals surface area contributed by atoms with E-state index in [1.165, 1.54) is 0 Å². The molecule has 3 aromatic heterocycles. The number of aryl methyl sites for hydroxylation is 1. The highest BCUT2D eigenvalue weighted by Gasteiger charge is 2.25. The molecular formula is C15H14N6O2. The number of anilines is 1. The number of carbonyl (C=O) groups excluding carboxylic acids is 1. The lowest BCUT2D eigenvalue weighted by molar-refractivity contribution is 0.101. The SMILES string of the molecule is Cn1ccc(-c2cc(C(=O)Nc3nccc(C4CC4)n3)no2)n1. The number of aromatic nitrogens is 5. The van der Waals surface area contributed by atoms with E-state index >= 15 is 0 Å². The maximum absolute atomic E-state index is 12.2. The van der Waals surface area contributed by atoms with Crippen LogP contribution in [0.25, 0.3) is 11.5 Å². The molecule has 1 aliphatic rings. The topological polar surface area (TPSA) is 98.7 Å². The minimum atomic E-state index is -0.413. The van der Waals surface area contributed by atoms with Gasteiger partial charge in [-0.25, -0.2) is 9.97 Å². The Morgan fingerprint density at radius 1 is 1.39 bits per heavy atom. The van der Waals surface area contributed by atoms with Crippen molar-refractivity contribution in [1.82, 2.24) is 24.9 Å². The van der Waals surface area contributed by atoms with Crippen LogP contribution in [0.1, 0.15) is 34.9 Å². The van der Waals surface area contributed by atoms with E-state index in [4.69, 9.17) is 4.52 Å². The summed E-state index contributed by atoms with van der Waals surface area (Å²) in [6.07, 6.45) is 5.72. The lowest BCUT2D eigenvalue weighted by Gasteiger charge is -2.02. The minimum absolute atomic E-state index is 0.158. The molecule has 8 heteroatoms. The highest BCUT2D eigenvalue weighted by molar-refractivity contribution is 6.02. The normalized spacial score (nSPS) is 14.0. The highest BCUT2D eigenvalue weighted by atomic mass is 16.5. The van der Waals surface area contributed by atoms with E-state index in [0.29, 0.717) is 17.4 Å². The molecule has 0 aromatic carbocycles. The minimum Gasteiger partial charge on any atom is -0.354 e. The van der Waals surface area contributed by atoms with Gasteiger partial charge in [0.2, 0.25) is 5.95 Å². The summed E-state index contributed by atoms with van der Waals surface area (Å²) in [5, 5.41) is 10.6. The summed E-state index contributed by atoms with van der Waals surface area (Å²) >= 11 is 0. The number of rotatable bonds is 4. The maximum atomic E-state index is 12.2. The maximum Gasteiger partial charge on any atom is 0.280 e. The largest absolute Gasteiger partial charge is 0.354 e. The fourth-order valence-electron chi connectivity index (χ4n) is 2.25. The molecule has 1 fully saturated rings. The quantitative estimate of drug-likeness (QED) is 0.791. The van der Waals surface area contributed by atoms with Crippen LogP contribution in [0.5, 0.6) is 0 Å². The number of amides is 1. The Kier molecular flexibility index (Phi) is 3.14. The van der Waals surface area contributed by atoms with E-state index in [1.807, 2.05) is 6.07 Å². The van der Waals surface area contributed by atoms with Crippen molar-refractivity contribution in [1.29, 1.82) is 0 Å². The highest BCUT2D eigenvalue weighted by Crippen LogP contribution is 2.38. The van der Waals surface area contributed by atoms with Crippen molar-refractivity contribution < 1.29 is 9.32 Å². The first kappa shape index (κ1) is 13.6. The average molecular weight is 310 g/mol. The van der Waals surface area contributed by atoms with E-state index in [1.54, 1.807) is 36.3 Å². The van der Waals surface area contributed by atoms with Gasteiger partial charge in [-0.15, -0.1) is 0 Å². The van der Waals surface area contributed by atoms with Crippen molar-refractivity contribution in [3.8, 4) is 11.5 Å². The average Bonchev–Trinajstić information content (AvgIpc) is 3.12. The van der Waals surface area contributed by atoms with Crippen molar-refractivity contribution in [3.63, 3.8) is 0 Å². The Bertz CT molecular complexity index is 864. The molecule has 0 spiro atoms. The predicted octanol–water partition coefficient (Wildman–Crippen LogP) is 1.99. The standard InChI is InChI=1S/C15H14N6O2/c1-21-7-5-11(19-21)13-8-12(20-23-13)14(22)18-15-16-6-4-10(17-15)9-2-3-9/h4-9H,2-3H2,1H3,(H,16,17,18,22). The molecule has 3 heterocycles. The number of nitrogens with one attached hydrogen (secondary N) is 1. The molecule has 3 aromatic rings. The molecule has 1 aliphatic carbocycles. The van der Waals surface area contributed by atoms with Gasteiger partial charge >= 0.3 is 0 Å². The second-order valence-electron chi connectivity index (χ2n) is 5.48. The molecule has 0 unspecified atom stereocenters. The third-order valence-electron chi connectivity index (χ3n) is 3.61. The van der Waals surface area contributed by atoms with Gasteiger partial charge in [-0.3, -0.25) is 14.8 Å². The van der Waals surface area contributed by atoms with Crippen molar-refractivity contribution in [2.45, 2.75) is 18.8 Å². The predicted molar refractivity (Wildman–Crippen MR) is 80.7 cm³/mol. The van der Waals surface area contributed by atoms with Crippen LogP contribution in [0.4, 0.5) is 5.95 Å². The summed E-state index contributed by atoms with van der Waals surface area (Å²) in [5.41, 5.74) is 1.74. The van der Waals surface area contributed by atoms with E-state index in [0.717, 1.165) is 18.5 Å². The molecule has 0 saturated heterocycles. The Morgan fingerprint density at radius 2 is 2.26 bits per heavy atom. The van der Waals surface area contributed by atoms with Crippen LogP contribution >= 0.6 is 0 Å². The third-order valence-corrected chi connectivity index (χ3v) is 3.61. The number of carbonyl (C=O) groups is 1. The molecule has 0 atom stereocenters. The van der Waals surface area contributed by atoms with Gasteiger partial charge in [-0.1, -0.05) is 5.16 Å². The zero-order valence-corrected chi connectivity index (χ0v) is 12.4. The molecule has 23 heavy (non-hydrogen) atoms. The molecule has 8 nitrogen and oxygen atoms in total. The summed E-state index contributed by atoms with van der Waals surface area (Å²) in [7, 11) is 1.80. The van der Waals surface area contributed by atoms with E-state index in [9.17, 15) is 4.79 Å². The van der Waals surface area contributed by atoms with Crippen LogP contribution in [-0.2, 0) is 7.05 Å². The second-order valence-corrected chi connectivity index (χ2v) is 5.48. The fourth-order valence-corrected chi connectivity index (χ4v) is 2.25. The molecule has 116 valence electrons. The lowest BCUT2D eigenvalue weighted by Crippen LogP contribution is -2.14. The number of hydrogen-bond donors (Lipinski definition) is 1. The van der Waals surface area contributed by atoms with Crippen molar-refractivity contribution >= 4 is 11.9 Å². The third kappa shape index (κ3) is 2.83. The Hall–Kier alpha value is -3.03. The van der Waals surface area contributed by atoms with Crippen LogP contribution in [0, 0.1) is 0 Å². The van der Waals surface area contributed by atoms with Crippen LogP contribution < -0.4 is 5.32 Å². The van der Waals surface area contributed by atoms with Gasteiger partial charge in [0.15, 0.2) is 11.5 Å². The molecule has 4 rings (SSSR count). The molecule has 0 aliphatic heterocycles. The lowest BCUT2D eigenvalue weighted by atomic mass is 10.3. The van der Waals surface area contributed by atoms with Crippen molar-refractivity contribution in [2.24, 2.45) is 7.05 Å². The van der Waals surface area contributed by atoms with Crippen molar-refractivity contribution in [3.05, 3.63) is 42.0 Å². The van der Waals surface area contributed by atoms with Gasteiger partial charge in [0.05, 0.1) is 0 Å². The van der Waals surface area contributed by atoms with Crippen LogP contribution in [0.2, 0.25) is 0 Å². The zero-order valence-electron chi connectivity index (χ0n) is 12.4. The molecule has 0 radical (unpaired) electrons. The Morgan fingerprint density at radius 3 is 3.00 bits per heavy atom. The second kappa shape index (κ2) is 5.31. The molecule has 1 N–H and O–H groups in total. The summed E-state index contributed by atoms with van der Waals surface area (Å²) in [5.74, 6) is 0.797. The van der Waals surface area contributed by atoms with Crippen LogP contribution in [-0.4, -0.2) is 30.8 Å². The zero-order chi connectivity index (χ0) is 15.8. The monoisotopic (exact) mass is 310 g/mol. The van der Waals surface area contributed by atoms with E-state index in [-0.39, 0.29) is 11.6 Å². The first-order chi connectivity index (χ1) is 11.2. The van der Waals surface area contributed by atoms with Crippen LogP contribution in [0.15, 0.2) is 35.1 Å². The fraction of sp³-hybridized carbons (Fsp3) is 0.267. The van der Waals surface area contributed by atoms with E-state index in [2.05, 4.69) is 25.5 Å². The number of nitrogens with zero attached hydrogens (tertiary/aromatic N) is 5. The summed E-state index contributed by atoms with van der Waals surface area (Å²) < 4.78 is 6.81. The van der Waals surface area contributed by atoms with E-state index < -0.39 is 5.91 Å². The van der Waals surface area contributed by atoms with Gasteiger partial charge in [-0.2, -0.15) is 5.10 Å². The molecule has 0 bridgehead atoms. The Labute approximate surface area is 131 Å². The first-order valence-electron chi connectivity index (χ1n) is 7.30. The van der Waals surface area contributed by atoms with Gasteiger partial charge in [0, 0.05) is 37.1 Å². The van der Waals surface area contributed by atoms with Gasteiger partial charge in [-0.05, 0) is 25.0 Å². The first-order valence-corrected chi connectivity index (χ1v) is 7.30. The van der Waals surface area contributed by atoms with Gasteiger partial charge < -0.3 is 4.52 Å². The Balaban J connectivity index is 1.51. The number of hydrogen-bond acceptors (Lipinski definition) is 6. The smallest absolute Gasteiger partial charge is 0.280 e. The molecular weight excluding hydrogens is 296 g/mol. The van der Waals surface area contributed by atoms with Gasteiger partial charge in [0.1, 0.15) is 5.69 Å². The van der Waals surface area contributed by atoms with Gasteiger partial charge in [0.25, 0.3) is 5.91 Å². The molecule has 1 saturated carbocycles. The van der Waals surface area contributed by atoms with Crippen molar-refractivity contribution in [2.75, 3.05) is 5.32 Å². The summed E-state index contributed by atoms with van der Waals surface area (Å²) in [6.45, 7) is 0. The van der Waals surface area contributed by atoms with Crippen LogP contribution in [0.3, 0.4) is 0 Å².